The molecule has 1 heterocycles. The SMILES string of the molecule is COc1ccccc1CC[C@H]1CNc2ccccc2N1. The Morgan fingerprint density at radius 3 is 2.65 bits per heavy atom. The lowest BCUT2D eigenvalue weighted by Crippen LogP contribution is -2.33. The van der Waals surface area contributed by atoms with Gasteiger partial charge in [-0.2, -0.15) is 0 Å². The topological polar surface area (TPSA) is 33.3 Å². The van der Waals surface area contributed by atoms with Crippen molar-refractivity contribution in [2.75, 3.05) is 24.3 Å². The molecule has 0 amide bonds. The zero-order chi connectivity index (χ0) is 13.8. The molecule has 104 valence electrons. The van der Waals surface area contributed by atoms with Crippen LogP contribution in [0.3, 0.4) is 0 Å². The van der Waals surface area contributed by atoms with Gasteiger partial charge in [-0.05, 0) is 36.6 Å². The van der Waals surface area contributed by atoms with Crippen molar-refractivity contribution in [1.29, 1.82) is 0 Å². The summed E-state index contributed by atoms with van der Waals surface area (Å²) in [6.45, 7) is 0.964. The number of hydrogen-bond donors (Lipinski definition) is 2. The molecular formula is C17H20N2O. The van der Waals surface area contributed by atoms with Gasteiger partial charge in [0, 0.05) is 12.6 Å². The molecule has 0 saturated carbocycles. The summed E-state index contributed by atoms with van der Waals surface area (Å²) >= 11 is 0. The third-order valence-electron chi connectivity index (χ3n) is 3.78. The Labute approximate surface area is 120 Å². The summed E-state index contributed by atoms with van der Waals surface area (Å²) < 4.78 is 5.41. The van der Waals surface area contributed by atoms with E-state index in [1.54, 1.807) is 7.11 Å². The maximum atomic E-state index is 5.41. The molecule has 1 atom stereocenters. The lowest BCUT2D eigenvalue weighted by atomic mass is 10.0. The second kappa shape index (κ2) is 5.87. The van der Waals surface area contributed by atoms with Gasteiger partial charge in [0.1, 0.15) is 5.75 Å². The standard InChI is InChI=1S/C17H20N2O/c1-20-17-9-5-2-6-13(17)10-11-14-12-18-15-7-3-4-8-16(15)19-14/h2-9,14,18-19H,10-12H2,1H3/t14-/m0/s1. The number of hydrogen-bond acceptors (Lipinski definition) is 3. The molecule has 0 radical (unpaired) electrons. The number of nitrogens with one attached hydrogen (secondary N) is 2. The second-order valence-electron chi connectivity index (χ2n) is 5.12. The van der Waals surface area contributed by atoms with Crippen LogP contribution < -0.4 is 15.4 Å². The van der Waals surface area contributed by atoms with Crippen molar-refractivity contribution >= 4 is 11.4 Å². The molecule has 3 nitrogen and oxygen atoms in total. The molecule has 3 rings (SSSR count). The van der Waals surface area contributed by atoms with E-state index in [-0.39, 0.29) is 0 Å². The molecule has 2 aromatic carbocycles. The lowest BCUT2D eigenvalue weighted by Gasteiger charge is -2.28. The molecule has 0 bridgehead atoms. The quantitative estimate of drug-likeness (QED) is 0.890. The van der Waals surface area contributed by atoms with Crippen molar-refractivity contribution in [3.05, 3.63) is 54.1 Å². The number of methoxy groups -OCH3 is 1. The molecule has 1 aliphatic heterocycles. The molecule has 2 aromatic rings. The third kappa shape index (κ3) is 2.72. The summed E-state index contributed by atoms with van der Waals surface area (Å²) in [5.74, 6) is 0.983. The minimum Gasteiger partial charge on any atom is -0.496 e. The Bertz CT molecular complexity index is 583. The van der Waals surface area contributed by atoms with Crippen LogP contribution in [0, 0.1) is 0 Å². The van der Waals surface area contributed by atoms with Crippen molar-refractivity contribution in [3.8, 4) is 5.75 Å². The van der Waals surface area contributed by atoms with Crippen molar-refractivity contribution in [2.45, 2.75) is 18.9 Å². The Kier molecular flexibility index (Phi) is 3.77. The van der Waals surface area contributed by atoms with Crippen LogP contribution in [-0.2, 0) is 6.42 Å². The van der Waals surface area contributed by atoms with Crippen LogP contribution in [0.2, 0.25) is 0 Å². The van der Waals surface area contributed by atoms with Crippen molar-refractivity contribution < 1.29 is 4.74 Å². The zero-order valence-corrected chi connectivity index (χ0v) is 11.7. The summed E-state index contributed by atoms with van der Waals surface area (Å²) in [5, 5.41) is 7.09. The van der Waals surface area contributed by atoms with Crippen molar-refractivity contribution in [1.82, 2.24) is 0 Å². The summed E-state index contributed by atoms with van der Waals surface area (Å²) in [6, 6.07) is 17.1. The Hall–Kier alpha value is -2.16. The van der Waals surface area contributed by atoms with Crippen molar-refractivity contribution in [2.24, 2.45) is 0 Å². The van der Waals surface area contributed by atoms with E-state index < -0.39 is 0 Å². The van der Waals surface area contributed by atoms with Gasteiger partial charge < -0.3 is 15.4 Å². The predicted molar refractivity (Wildman–Crippen MR) is 83.7 cm³/mol. The number of anilines is 2. The molecule has 0 unspecified atom stereocenters. The van der Waals surface area contributed by atoms with Gasteiger partial charge in [-0.1, -0.05) is 30.3 Å². The number of fused-ring (bicyclic) bond motifs is 1. The molecule has 2 N–H and O–H groups in total. The Balaban J connectivity index is 1.63. The van der Waals surface area contributed by atoms with E-state index in [0.29, 0.717) is 6.04 Å². The average Bonchev–Trinajstić information content (AvgIpc) is 2.53. The number of aryl methyl sites for hydroxylation is 1. The number of rotatable bonds is 4. The largest absolute Gasteiger partial charge is 0.496 e. The maximum Gasteiger partial charge on any atom is 0.122 e. The van der Waals surface area contributed by atoms with Gasteiger partial charge in [0.15, 0.2) is 0 Å². The van der Waals surface area contributed by atoms with Crippen LogP contribution in [0.1, 0.15) is 12.0 Å². The monoisotopic (exact) mass is 268 g/mol. The van der Waals surface area contributed by atoms with Gasteiger partial charge in [0.2, 0.25) is 0 Å². The fourth-order valence-electron chi connectivity index (χ4n) is 2.68. The van der Waals surface area contributed by atoms with Gasteiger partial charge in [-0.25, -0.2) is 0 Å². The number of ether oxygens (including phenoxy) is 1. The second-order valence-corrected chi connectivity index (χ2v) is 5.12. The molecular weight excluding hydrogens is 248 g/mol. The molecule has 0 aliphatic carbocycles. The fraction of sp³-hybridized carbons (Fsp3) is 0.294. The molecule has 0 fully saturated rings. The maximum absolute atomic E-state index is 5.41. The Morgan fingerprint density at radius 1 is 1.05 bits per heavy atom. The van der Waals surface area contributed by atoms with Gasteiger partial charge in [0.05, 0.1) is 18.5 Å². The van der Waals surface area contributed by atoms with Gasteiger partial charge in [0.25, 0.3) is 0 Å². The van der Waals surface area contributed by atoms with Gasteiger partial charge >= 0.3 is 0 Å². The highest BCUT2D eigenvalue weighted by Crippen LogP contribution is 2.27. The molecule has 20 heavy (non-hydrogen) atoms. The van der Waals surface area contributed by atoms with Crippen LogP contribution >= 0.6 is 0 Å². The summed E-state index contributed by atoms with van der Waals surface area (Å²) in [4.78, 5) is 0. The van der Waals surface area contributed by atoms with Crippen LogP contribution in [-0.4, -0.2) is 19.7 Å². The fourth-order valence-corrected chi connectivity index (χ4v) is 2.68. The van der Waals surface area contributed by atoms with E-state index in [0.717, 1.165) is 25.1 Å². The lowest BCUT2D eigenvalue weighted by molar-refractivity contribution is 0.408. The first-order valence-electron chi connectivity index (χ1n) is 7.08. The minimum absolute atomic E-state index is 0.454. The highest BCUT2D eigenvalue weighted by molar-refractivity contribution is 5.71. The van der Waals surface area contributed by atoms with E-state index in [1.807, 2.05) is 12.1 Å². The molecule has 3 heteroatoms. The van der Waals surface area contributed by atoms with Crippen molar-refractivity contribution in [3.63, 3.8) is 0 Å². The van der Waals surface area contributed by atoms with E-state index in [4.69, 9.17) is 4.74 Å². The third-order valence-corrected chi connectivity index (χ3v) is 3.78. The van der Waals surface area contributed by atoms with E-state index in [2.05, 4.69) is 47.0 Å². The molecule has 1 aliphatic rings. The van der Waals surface area contributed by atoms with Gasteiger partial charge in [-0.15, -0.1) is 0 Å². The summed E-state index contributed by atoms with van der Waals surface area (Å²) in [6.07, 6.45) is 2.10. The first-order valence-corrected chi connectivity index (χ1v) is 7.08. The van der Waals surface area contributed by atoms with E-state index in [1.165, 1.54) is 16.9 Å². The van der Waals surface area contributed by atoms with Crippen LogP contribution in [0.15, 0.2) is 48.5 Å². The van der Waals surface area contributed by atoms with Crippen LogP contribution in [0.25, 0.3) is 0 Å². The smallest absolute Gasteiger partial charge is 0.122 e. The summed E-state index contributed by atoms with van der Waals surface area (Å²) in [7, 11) is 1.73. The highest BCUT2D eigenvalue weighted by atomic mass is 16.5. The minimum atomic E-state index is 0.454. The number of benzene rings is 2. The molecule has 0 aromatic heterocycles. The van der Waals surface area contributed by atoms with Gasteiger partial charge in [-0.3, -0.25) is 0 Å². The van der Waals surface area contributed by atoms with Crippen LogP contribution in [0.5, 0.6) is 5.75 Å². The first-order chi connectivity index (χ1) is 9.86. The molecule has 0 spiro atoms. The average molecular weight is 268 g/mol. The highest BCUT2D eigenvalue weighted by Gasteiger charge is 2.16. The first kappa shape index (κ1) is 12.9. The molecule has 0 saturated heterocycles. The van der Waals surface area contributed by atoms with E-state index >= 15 is 0 Å². The Morgan fingerprint density at radius 2 is 1.80 bits per heavy atom. The summed E-state index contributed by atoms with van der Waals surface area (Å²) in [5.41, 5.74) is 3.67. The van der Waals surface area contributed by atoms with Crippen LogP contribution in [0.4, 0.5) is 11.4 Å². The van der Waals surface area contributed by atoms with E-state index in [9.17, 15) is 0 Å². The zero-order valence-electron chi connectivity index (χ0n) is 11.7. The number of para-hydroxylation sites is 3. The predicted octanol–water partition coefficient (Wildman–Crippen LogP) is 3.53. The normalized spacial score (nSPS) is 16.8.